The van der Waals surface area contributed by atoms with E-state index < -0.39 is 17.9 Å². The smallest absolute Gasteiger partial charge is 0.274 e. The van der Waals surface area contributed by atoms with Crippen molar-refractivity contribution < 1.29 is 14.8 Å². The van der Waals surface area contributed by atoms with Crippen LogP contribution >= 0.6 is 0 Å². The number of nitrogens with two attached hydrogens (primary N) is 2. The van der Waals surface area contributed by atoms with Crippen LogP contribution in [0, 0.1) is 0 Å². The molecule has 0 aliphatic rings. The van der Waals surface area contributed by atoms with Crippen molar-refractivity contribution in [2.45, 2.75) is 25.9 Å². The van der Waals surface area contributed by atoms with E-state index in [9.17, 15) is 14.4 Å². The van der Waals surface area contributed by atoms with E-state index in [0.717, 1.165) is 5.56 Å². The number of aromatic nitrogens is 4. The molecule has 5 aromatic rings. The zero-order valence-corrected chi connectivity index (χ0v) is 23.1. The zero-order chi connectivity index (χ0) is 30.5. The number of primary amides is 1. The first-order valence-corrected chi connectivity index (χ1v) is 13.4. The number of benzene rings is 3. The van der Waals surface area contributed by atoms with E-state index in [0.29, 0.717) is 46.6 Å². The summed E-state index contributed by atoms with van der Waals surface area (Å²) in [5.74, 6) is -0.920. The lowest BCUT2D eigenvalue weighted by Crippen LogP contribution is -2.29. The number of fused-ring (bicyclic) bond motifs is 1. The van der Waals surface area contributed by atoms with E-state index in [4.69, 9.17) is 21.7 Å². The summed E-state index contributed by atoms with van der Waals surface area (Å²) >= 11 is 0. The molecule has 0 bridgehead atoms. The number of nitrogens with one attached hydrogen (secondary N) is 3. The maximum absolute atomic E-state index is 14.3. The van der Waals surface area contributed by atoms with Crippen molar-refractivity contribution in [3.63, 3.8) is 0 Å². The number of rotatable bonds is 10. The highest BCUT2D eigenvalue weighted by molar-refractivity contribution is 6.01. The maximum Gasteiger partial charge on any atom is 0.274 e. The Morgan fingerprint density at radius 3 is 2.42 bits per heavy atom. The number of para-hydroxylation sites is 1. The molecule has 0 spiro atoms. The molecule has 13 nitrogen and oxygen atoms in total. The molecule has 1 atom stereocenters. The Balaban J connectivity index is 1.59. The molecule has 0 fully saturated rings. The van der Waals surface area contributed by atoms with E-state index in [1.165, 1.54) is 10.9 Å². The summed E-state index contributed by atoms with van der Waals surface area (Å²) in [4.78, 5) is 51.1. The van der Waals surface area contributed by atoms with Gasteiger partial charge in [0.15, 0.2) is 0 Å². The molecule has 1 unspecified atom stereocenters. The van der Waals surface area contributed by atoms with Crippen molar-refractivity contribution in [3.8, 4) is 5.69 Å². The van der Waals surface area contributed by atoms with E-state index in [2.05, 4.69) is 20.6 Å². The molecule has 0 saturated carbocycles. The molecule has 0 radical (unpaired) electrons. The van der Waals surface area contributed by atoms with Crippen molar-refractivity contribution >= 4 is 40.0 Å². The second-order valence-electron chi connectivity index (χ2n) is 9.59. The predicted octanol–water partition coefficient (Wildman–Crippen LogP) is 3.15. The lowest BCUT2D eigenvalue weighted by molar-refractivity contribution is 0.0706. The summed E-state index contributed by atoms with van der Waals surface area (Å²) in [5.41, 5.74) is 15.5. The van der Waals surface area contributed by atoms with Crippen molar-refractivity contribution in [1.82, 2.24) is 25.0 Å². The van der Waals surface area contributed by atoms with E-state index >= 15 is 0 Å². The van der Waals surface area contributed by atoms with Gasteiger partial charge in [0.1, 0.15) is 29.4 Å². The van der Waals surface area contributed by atoms with Crippen LogP contribution in [0.1, 0.15) is 51.5 Å². The van der Waals surface area contributed by atoms with Gasteiger partial charge in [-0.25, -0.2) is 20.4 Å². The minimum atomic E-state index is -0.788. The van der Waals surface area contributed by atoms with Gasteiger partial charge in [-0.15, -0.1) is 0 Å². The molecular weight excluding hydrogens is 550 g/mol. The average Bonchev–Trinajstić information content (AvgIpc) is 3.02. The summed E-state index contributed by atoms with van der Waals surface area (Å²) < 4.78 is 1.53. The molecule has 2 aromatic heterocycles. The fourth-order valence-corrected chi connectivity index (χ4v) is 4.76. The quantitative estimate of drug-likeness (QED) is 0.105. The van der Waals surface area contributed by atoms with Crippen LogP contribution in [0.4, 0.5) is 17.3 Å². The number of hydrogen-bond acceptors (Lipinski definition) is 10. The fraction of sp³-hybridized carbons (Fsp3) is 0.133. The molecule has 218 valence electrons. The van der Waals surface area contributed by atoms with E-state index in [-0.39, 0.29) is 22.8 Å². The number of carbonyl (C=O) groups excluding carboxylic acids is 2. The van der Waals surface area contributed by atoms with Crippen LogP contribution in [0.3, 0.4) is 0 Å². The summed E-state index contributed by atoms with van der Waals surface area (Å²) in [7, 11) is 0. The largest absolute Gasteiger partial charge is 0.383 e. The highest BCUT2D eigenvalue weighted by Gasteiger charge is 2.24. The number of nitrogens with zero attached hydrogens (tertiary/aromatic N) is 4. The molecule has 43 heavy (non-hydrogen) atoms. The molecule has 3 aromatic carbocycles. The first-order valence-electron chi connectivity index (χ1n) is 13.4. The summed E-state index contributed by atoms with van der Waals surface area (Å²) in [6.07, 6.45) is 1.69. The number of nitrogen functional groups attached to an aromatic ring is 1. The standard InChI is InChI=1S/C30H29N9O4/c1-2-20(36-27-24(26(32)40)25(31)34-16-35-27)28-37-22-10-6-9-21(23(22)30(42)39(28)19-7-4-3-5-8-19)33-15-17-11-13-18(14-12-17)29(41)38-43/h3-14,16,20,33,43H,2,15H2,1H3,(H2,32,40)(H,38,41)(H3,31,34,35,36). The van der Waals surface area contributed by atoms with Crippen LogP contribution in [0.25, 0.3) is 16.6 Å². The molecule has 8 N–H and O–H groups in total. The normalized spacial score (nSPS) is 11.6. The van der Waals surface area contributed by atoms with Gasteiger partial charge < -0.3 is 22.1 Å². The van der Waals surface area contributed by atoms with Crippen LogP contribution in [0.2, 0.25) is 0 Å². The van der Waals surface area contributed by atoms with Gasteiger partial charge in [-0.3, -0.25) is 24.2 Å². The third kappa shape index (κ3) is 5.83. The molecule has 2 heterocycles. The van der Waals surface area contributed by atoms with Crippen LogP contribution in [0.15, 0.2) is 83.9 Å². The monoisotopic (exact) mass is 579 g/mol. The second-order valence-corrected chi connectivity index (χ2v) is 9.59. The Kier molecular flexibility index (Phi) is 8.25. The Morgan fingerprint density at radius 2 is 1.74 bits per heavy atom. The Morgan fingerprint density at radius 1 is 1.00 bits per heavy atom. The van der Waals surface area contributed by atoms with Gasteiger partial charge in [0.05, 0.1) is 22.6 Å². The first-order chi connectivity index (χ1) is 20.8. The molecule has 0 aliphatic carbocycles. The Labute approximate surface area is 245 Å². The minimum Gasteiger partial charge on any atom is -0.383 e. The Bertz CT molecular complexity index is 1860. The SMILES string of the molecule is CCC(Nc1ncnc(N)c1C(N)=O)c1nc2cccc(NCc3ccc(C(=O)NO)cc3)c2c(=O)n1-c1ccccc1. The van der Waals surface area contributed by atoms with Gasteiger partial charge in [-0.05, 0) is 48.4 Å². The number of hydroxylamine groups is 1. The van der Waals surface area contributed by atoms with Crippen LogP contribution in [-0.4, -0.2) is 36.5 Å². The zero-order valence-electron chi connectivity index (χ0n) is 23.1. The van der Waals surface area contributed by atoms with Crippen LogP contribution in [-0.2, 0) is 6.54 Å². The van der Waals surface area contributed by atoms with Gasteiger partial charge in [0, 0.05) is 17.8 Å². The summed E-state index contributed by atoms with van der Waals surface area (Å²) in [6, 6.07) is 20.6. The van der Waals surface area contributed by atoms with E-state index in [1.807, 2.05) is 37.3 Å². The fourth-order valence-electron chi connectivity index (χ4n) is 4.76. The molecule has 13 heteroatoms. The molecule has 0 saturated heterocycles. The topological polar surface area (TPSA) is 203 Å². The van der Waals surface area contributed by atoms with Gasteiger partial charge in [-0.2, -0.15) is 0 Å². The van der Waals surface area contributed by atoms with Gasteiger partial charge in [-0.1, -0.05) is 43.3 Å². The third-order valence-corrected chi connectivity index (χ3v) is 6.89. The van der Waals surface area contributed by atoms with Gasteiger partial charge in [0.25, 0.3) is 17.4 Å². The van der Waals surface area contributed by atoms with Crippen molar-refractivity contribution in [1.29, 1.82) is 0 Å². The lowest BCUT2D eigenvalue weighted by atomic mass is 10.1. The summed E-state index contributed by atoms with van der Waals surface area (Å²) in [6.45, 7) is 2.27. The molecular formula is C30H29N9O4. The van der Waals surface area contributed by atoms with Gasteiger partial charge in [0.2, 0.25) is 0 Å². The first kappa shape index (κ1) is 28.7. The number of carbonyl (C=O) groups is 2. The highest BCUT2D eigenvalue weighted by atomic mass is 16.5. The minimum absolute atomic E-state index is 0.0492. The number of anilines is 3. The highest BCUT2D eigenvalue weighted by Crippen LogP contribution is 2.28. The lowest BCUT2D eigenvalue weighted by Gasteiger charge is -2.23. The number of hydrogen-bond donors (Lipinski definition) is 6. The maximum atomic E-state index is 14.3. The Hall–Kier alpha value is -5.82. The second kappa shape index (κ2) is 12.4. The van der Waals surface area contributed by atoms with Crippen LogP contribution in [0.5, 0.6) is 0 Å². The van der Waals surface area contributed by atoms with Crippen molar-refractivity contribution in [2.24, 2.45) is 5.73 Å². The summed E-state index contributed by atoms with van der Waals surface area (Å²) in [5, 5.41) is 15.7. The van der Waals surface area contributed by atoms with Crippen LogP contribution < -0.4 is 33.1 Å². The molecule has 2 amide bonds. The van der Waals surface area contributed by atoms with E-state index in [1.54, 1.807) is 47.9 Å². The average molecular weight is 580 g/mol. The van der Waals surface area contributed by atoms with Crippen molar-refractivity contribution in [3.05, 3.63) is 112 Å². The molecule has 0 aliphatic heterocycles. The molecule has 5 rings (SSSR count). The van der Waals surface area contributed by atoms with Crippen molar-refractivity contribution in [2.75, 3.05) is 16.4 Å². The predicted molar refractivity (Wildman–Crippen MR) is 162 cm³/mol. The third-order valence-electron chi connectivity index (χ3n) is 6.89. The van der Waals surface area contributed by atoms with Gasteiger partial charge >= 0.3 is 0 Å². The number of amides is 2.